The second-order valence-electron chi connectivity index (χ2n) is 2.73. The van der Waals surface area contributed by atoms with Gasteiger partial charge in [-0.2, -0.15) is 0 Å². The number of nitrogens with zero attached hydrogens (tertiary/aromatic N) is 1. The van der Waals surface area contributed by atoms with Crippen LogP contribution in [-0.4, -0.2) is 23.6 Å². The lowest BCUT2D eigenvalue weighted by Crippen LogP contribution is -2.04. The zero-order valence-electron chi connectivity index (χ0n) is 7.55. The first kappa shape index (κ1) is 9.22. The molecule has 0 unspecified atom stereocenters. The molecule has 0 saturated carbocycles. The first-order chi connectivity index (χ1) is 5.77. The van der Waals surface area contributed by atoms with Crippen molar-refractivity contribution in [2.75, 3.05) is 13.7 Å². The van der Waals surface area contributed by atoms with Gasteiger partial charge in [-0.1, -0.05) is 0 Å². The zero-order valence-corrected chi connectivity index (χ0v) is 7.55. The van der Waals surface area contributed by atoms with E-state index < -0.39 is 0 Å². The molecule has 4 heteroatoms. The third-order valence-corrected chi connectivity index (χ3v) is 1.70. The van der Waals surface area contributed by atoms with Crippen molar-refractivity contribution in [2.24, 2.45) is 5.73 Å². The third kappa shape index (κ3) is 2.06. The summed E-state index contributed by atoms with van der Waals surface area (Å²) in [7, 11) is 1.66. The highest BCUT2D eigenvalue weighted by Gasteiger charge is 2.04. The topological polar surface area (TPSA) is 63.9 Å². The van der Waals surface area contributed by atoms with Gasteiger partial charge in [0.25, 0.3) is 0 Å². The molecule has 0 amide bonds. The highest BCUT2D eigenvalue weighted by atomic mass is 16.5. The Morgan fingerprint density at radius 1 is 1.58 bits per heavy atom. The molecule has 4 nitrogen and oxygen atoms in total. The molecule has 0 aromatic carbocycles. The van der Waals surface area contributed by atoms with Gasteiger partial charge in [0, 0.05) is 19.2 Å². The van der Waals surface area contributed by atoms with Crippen LogP contribution in [0.2, 0.25) is 0 Å². The van der Waals surface area contributed by atoms with Crippen LogP contribution in [0.1, 0.15) is 17.2 Å². The molecule has 0 aliphatic rings. The summed E-state index contributed by atoms with van der Waals surface area (Å²) < 4.78 is 4.99. The smallest absolute Gasteiger partial charge is 0.107 e. The molecule has 0 aliphatic heterocycles. The third-order valence-electron chi connectivity index (χ3n) is 1.70. The molecule has 0 bridgehead atoms. The fourth-order valence-corrected chi connectivity index (χ4v) is 1.10. The van der Waals surface area contributed by atoms with Crippen molar-refractivity contribution in [3.05, 3.63) is 17.2 Å². The Morgan fingerprint density at radius 3 is 2.92 bits per heavy atom. The number of methoxy groups -OCH3 is 1. The zero-order chi connectivity index (χ0) is 8.97. The number of rotatable bonds is 4. The minimum atomic E-state index is 0.562. The van der Waals surface area contributed by atoms with Gasteiger partial charge in [0.15, 0.2) is 0 Å². The summed E-state index contributed by atoms with van der Waals surface area (Å²) in [4.78, 5) is 7.49. The minimum Gasteiger partial charge on any atom is -0.378 e. The predicted molar refractivity (Wildman–Crippen MR) is 46.8 cm³/mol. The summed E-state index contributed by atoms with van der Waals surface area (Å²) in [6.45, 7) is 3.17. The number of imidazole rings is 1. The minimum absolute atomic E-state index is 0.562. The average Bonchev–Trinajstić information content (AvgIpc) is 2.34. The predicted octanol–water partition coefficient (Wildman–Crippen LogP) is 0.366. The van der Waals surface area contributed by atoms with Gasteiger partial charge in [0.05, 0.1) is 12.3 Å². The summed E-state index contributed by atoms with van der Waals surface area (Å²) in [5.41, 5.74) is 7.45. The highest BCUT2D eigenvalue weighted by molar-refractivity contribution is 5.12. The van der Waals surface area contributed by atoms with E-state index in [0.717, 1.165) is 23.6 Å². The van der Waals surface area contributed by atoms with Crippen LogP contribution in [0.5, 0.6) is 0 Å². The van der Waals surface area contributed by atoms with E-state index in [-0.39, 0.29) is 0 Å². The Bertz CT molecular complexity index is 244. The molecule has 1 rings (SSSR count). The molecule has 1 aromatic heterocycles. The van der Waals surface area contributed by atoms with Crippen LogP contribution in [0, 0.1) is 6.92 Å². The van der Waals surface area contributed by atoms with E-state index in [1.165, 1.54) is 0 Å². The largest absolute Gasteiger partial charge is 0.378 e. The van der Waals surface area contributed by atoms with Crippen molar-refractivity contribution in [1.29, 1.82) is 0 Å². The first-order valence-corrected chi connectivity index (χ1v) is 4.01. The number of nitrogens with one attached hydrogen (secondary N) is 1. The normalized spacial score (nSPS) is 10.6. The summed E-state index contributed by atoms with van der Waals surface area (Å²) >= 11 is 0. The van der Waals surface area contributed by atoms with Crippen molar-refractivity contribution in [3.8, 4) is 0 Å². The lowest BCUT2D eigenvalue weighted by Gasteiger charge is -1.93. The molecular weight excluding hydrogens is 154 g/mol. The quantitative estimate of drug-likeness (QED) is 0.684. The van der Waals surface area contributed by atoms with Gasteiger partial charge in [-0.25, -0.2) is 4.98 Å². The van der Waals surface area contributed by atoms with E-state index >= 15 is 0 Å². The maximum atomic E-state index is 5.40. The van der Waals surface area contributed by atoms with Gasteiger partial charge >= 0.3 is 0 Å². The standard InChI is InChI=1S/C8H15N3O/c1-6-7(5-12-2)11-8(10-6)3-4-9/h3-5,9H2,1-2H3,(H,10,11). The summed E-state index contributed by atoms with van der Waals surface area (Å²) in [6.07, 6.45) is 0.796. The maximum Gasteiger partial charge on any atom is 0.107 e. The number of hydrogen-bond acceptors (Lipinski definition) is 3. The molecule has 0 radical (unpaired) electrons. The van der Waals surface area contributed by atoms with Crippen molar-refractivity contribution in [1.82, 2.24) is 9.97 Å². The fourth-order valence-electron chi connectivity index (χ4n) is 1.10. The maximum absolute atomic E-state index is 5.40. The van der Waals surface area contributed by atoms with Gasteiger partial charge in [0.2, 0.25) is 0 Å². The Balaban J connectivity index is 2.70. The van der Waals surface area contributed by atoms with Crippen LogP contribution < -0.4 is 5.73 Å². The molecule has 0 aliphatic carbocycles. The van der Waals surface area contributed by atoms with Crippen LogP contribution in [-0.2, 0) is 17.8 Å². The van der Waals surface area contributed by atoms with E-state index in [2.05, 4.69) is 9.97 Å². The molecule has 0 fully saturated rings. The first-order valence-electron chi connectivity index (χ1n) is 4.01. The van der Waals surface area contributed by atoms with Crippen molar-refractivity contribution < 1.29 is 4.74 Å². The van der Waals surface area contributed by atoms with E-state index in [9.17, 15) is 0 Å². The number of hydrogen-bond donors (Lipinski definition) is 2. The SMILES string of the molecule is COCc1nc(CCN)[nH]c1C. The lowest BCUT2D eigenvalue weighted by atomic mass is 10.4. The van der Waals surface area contributed by atoms with Crippen LogP contribution in [0.4, 0.5) is 0 Å². The Hall–Kier alpha value is -0.870. The van der Waals surface area contributed by atoms with E-state index in [1.807, 2.05) is 6.92 Å². The van der Waals surface area contributed by atoms with Crippen LogP contribution in [0.15, 0.2) is 0 Å². The number of H-pyrrole nitrogens is 1. The summed E-state index contributed by atoms with van der Waals surface area (Å²) in [6, 6.07) is 0. The summed E-state index contributed by atoms with van der Waals surface area (Å²) in [5.74, 6) is 0.946. The van der Waals surface area contributed by atoms with E-state index in [1.54, 1.807) is 7.11 Å². The van der Waals surface area contributed by atoms with Crippen molar-refractivity contribution in [3.63, 3.8) is 0 Å². The Labute approximate surface area is 72.1 Å². The number of ether oxygens (including phenoxy) is 1. The monoisotopic (exact) mass is 169 g/mol. The van der Waals surface area contributed by atoms with Gasteiger partial charge in [0.1, 0.15) is 5.82 Å². The average molecular weight is 169 g/mol. The highest BCUT2D eigenvalue weighted by Crippen LogP contribution is 2.05. The number of aromatic amines is 1. The van der Waals surface area contributed by atoms with Crippen molar-refractivity contribution >= 4 is 0 Å². The number of aromatic nitrogens is 2. The van der Waals surface area contributed by atoms with Crippen LogP contribution in [0.3, 0.4) is 0 Å². The second-order valence-corrected chi connectivity index (χ2v) is 2.73. The molecule has 68 valence electrons. The molecular formula is C8H15N3O. The van der Waals surface area contributed by atoms with Crippen LogP contribution in [0.25, 0.3) is 0 Å². The fraction of sp³-hybridized carbons (Fsp3) is 0.625. The Morgan fingerprint density at radius 2 is 2.33 bits per heavy atom. The van der Waals surface area contributed by atoms with Gasteiger partial charge in [-0.15, -0.1) is 0 Å². The molecule has 0 atom stereocenters. The number of aryl methyl sites for hydroxylation is 1. The van der Waals surface area contributed by atoms with Gasteiger partial charge < -0.3 is 15.5 Å². The van der Waals surface area contributed by atoms with Crippen molar-refractivity contribution in [2.45, 2.75) is 20.0 Å². The van der Waals surface area contributed by atoms with E-state index in [0.29, 0.717) is 13.2 Å². The van der Waals surface area contributed by atoms with E-state index in [4.69, 9.17) is 10.5 Å². The van der Waals surface area contributed by atoms with Crippen LogP contribution >= 0.6 is 0 Å². The lowest BCUT2D eigenvalue weighted by molar-refractivity contribution is 0.181. The molecule has 1 heterocycles. The summed E-state index contributed by atoms with van der Waals surface area (Å²) in [5, 5.41) is 0. The van der Waals surface area contributed by atoms with Gasteiger partial charge in [-0.3, -0.25) is 0 Å². The number of nitrogens with two attached hydrogens (primary N) is 1. The molecule has 1 aromatic rings. The molecule has 3 N–H and O–H groups in total. The molecule has 12 heavy (non-hydrogen) atoms. The molecule has 0 spiro atoms. The Kier molecular flexibility index (Phi) is 3.25. The second kappa shape index (κ2) is 4.23. The van der Waals surface area contributed by atoms with Gasteiger partial charge in [-0.05, 0) is 13.5 Å². The molecule has 0 saturated heterocycles.